The molecule has 0 unspecified atom stereocenters. The quantitative estimate of drug-likeness (QED) is 0.780. The lowest BCUT2D eigenvalue weighted by molar-refractivity contribution is 0.312. The van der Waals surface area contributed by atoms with Crippen molar-refractivity contribution in [3.63, 3.8) is 0 Å². The van der Waals surface area contributed by atoms with E-state index >= 15 is 0 Å². The van der Waals surface area contributed by atoms with Gasteiger partial charge in [-0.25, -0.2) is 0 Å². The maximum absolute atomic E-state index is 4.43. The van der Waals surface area contributed by atoms with E-state index in [2.05, 4.69) is 45.2 Å². The summed E-state index contributed by atoms with van der Waals surface area (Å²) in [4.78, 5) is 4.71. The number of benzene rings is 1. The summed E-state index contributed by atoms with van der Waals surface area (Å²) in [6.07, 6.45) is 0. The zero-order chi connectivity index (χ0) is 11.0. The molecule has 0 radical (unpaired) electrons. The molecule has 4 heteroatoms. The van der Waals surface area contributed by atoms with Gasteiger partial charge in [-0.05, 0) is 19.2 Å². The third kappa shape index (κ3) is 1.55. The van der Waals surface area contributed by atoms with Crippen molar-refractivity contribution in [3.8, 4) is 0 Å². The number of hydrogen-bond acceptors (Lipinski definition) is 3. The van der Waals surface area contributed by atoms with Crippen LogP contribution in [0.1, 0.15) is 0 Å². The standard InChI is InChI=1S/C12H16N4/c1-15-6-8-16(9-7-15)12-10-4-2-3-5-11(10)13-14-12/h2-5H,6-9H2,1H3,(H,13,14). The molecule has 0 saturated carbocycles. The lowest BCUT2D eigenvalue weighted by atomic mass is 10.2. The number of nitrogens with one attached hydrogen (secondary N) is 1. The Labute approximate surface area is 94.8 Å². The van der Waals surface area contributed by atoms with Crippen molar-refractivity contribution in [2.75, 3.05) is 38.1 Å². The van der Waals surface area contributed by atoms with Crippen LogP contribution in [0.4, 0.5) is 5.82 Å². The first kappa shape index (κ1) is 9.66. The van der Waals surface area contributed by atoms with Crippen LogP contribution < -0.4 is 4.90 Å². The zero-order valence-corrected chi connectivity index (χ0v) is 9.48. The molecule has 1 aromatic carbocycles. The fourth-order valence-corrected chi connectivity index (χ4v) is 2.21. The van der Waals surface area contributed by atoms with Crippen LogP contribution in [-0.2, 0) is 0 Å². The number of para-hydroxylation sites is 1. The predicted octanol–water partition coefficient (Wildman–Crippen LogP) is 1.31. The van der Waals surface area contributed by atoms with Crippen LogP contribution in [0.15, 0.2) is 24.3 Å². The van der Waals surface area contributed by atoms with Gasteiger partial charge in [0.25, 0.3) is 0 Å². The van der Waals surface area contributed by atoms with Gasteiger partial charge in [0, 0.05) is 31.6 Å². The summed E-state index contributed by atoms with van der Waals surface area (Å²) in [5, 5.41) is 8.75. The highest BCUT2D eigenvalue weighted by molar-refractivity contribution is 5.90. The van der Waals surface area contributed by atoms with Crippen molar-refractivity contribution in [3.05, 3.63) is 24.3 Å². The van der Waals surface area contributed by atoms with Crippen molar-refractivity contribution in [1.29, 1.82) is 0 Å². The summed E-state index contributed by atoms with van der Waals surface area (Å²) < 4.78 is 0. The van der Waals surface area contributed by atoms with Gasteiger partial charge in [0.05, 0.1) is 5.52 Å². The summed E-state index contributed by atoms with van der Waals surface area (Å²) in [7, 11) is 2.17. The summed E-state index contributed by atoms with van der Waals surface area (Å²) in [5.41, 5.74) is 1.12. The van der Waals surface area contributed by atoms with Crippen LogP contribution in [0.3, 0.4) is 0 Å². The molecule has 4 nitrogen and oxygen atoms in total. The second-order valence-electron chi connectivity index (χ2n) is 4.38. The second kappa shape index (κ2) is 3.79. The van der Waals surface area contributed by atoms with Gasteiger partial charge in [0.15, 0.2) is 5.82 Å². The molecule has 1 fully saturated rings. The number of H-pyrrole nitrogens is 1. The molecule has 2 heterocycles. The van der Waals surface area contributed by atoms with Gasteiger partial charge in [-0.3, -0.25) is 5.10 Å². The van der Waals surface area contributed by atoms with Gasteiger partial charge in [-0.15, -0.1) is 0 Å². The van der Waals surface area contributed by atoms with E-state index in [1.54, 1.807) is 0 Å². The van der Waals surface area contributed by atoms with E-state index in [1.807, 2.05) is 6.07 Å². The van der Waals surface area contributed by atoms with Gasteiger partial charge in [-0.1, -0.05) is 12.1 Å². The van der Waals surface area contributed by atoms with Crippen molar-refractivity contribution in [1.82, 2.24) is 15.1 Å². The molecule has 1 aromatic heterocycles. The minimum atomic E-state index is 1.06. The first-order chi connectivity index (χ1) is 7.84. The van der Waals surface area contributed by atoms with Crippen LogP contribution in [0, 0.1) is 0 Å². The Hall–Kier alpha value is -1.55. The molecule has 1 N–H and O–H groups in total. The Morgan fingerprint density at radius 3 is 2.69 bits per heavy atom. The monoisotopic (exact) mass is 216 g/mol. The number of fused-ring (bicyclic) bond motifs is 1. The Morgan fingerprint density at radius 1 is 1.12 bits per heavy atom. The van der Waals surface area contributed by atoms with Gasteiger partial charge in [0.2, 0.25) is 0 Å². The van der Waals surface area contributed by atoms with E-state index in [4.69, 9.17) is 0 Å². The average Bonchev–Trinajstić information content (AvgIpc) is 2.74. The predicted molar refractivity (Wildman–Crippen MR) is 65.8 cm³/mol. The number of piperazine rings is 1. The smallest absolute Gasteiger partial charge is 0.158 e. The lowest BCUT2D eigenvalue weighted by Crippen LogP contribution is -2.44. The number of nitrogens with zero attached hydrogens (tertiary/aromatic N) is 3. The molecule has 1 aliphatic rings. The van der Waals surface area contributed by atoms with E-state index in [9.17, 15) is 0 Å². The van der Waals surface area contributed by atoms with E-state index in [0.29, 0.717) is 0 Å². The van der Waals surface area contributed by atoms with E-state index in [-0.39, 0.29) is 0 Å². The number of aromatic amines is 1. The average molecular weight is 216 g/mol. The van der Waals surface area contributed by atoms with Crippen molar-refractivity contribution >= 4 is 16.7 Å². The number of aromatic nitrogens is 2. The van der Waals surface area contributed by atoms with Crippen molar-refractivity contribution in [2.45, 2.75) is 0 Å². The fraction of sp³-hybridized carbons (Fsp3) is 0.417. The van der Waals surface area contributed by atoms with Gasteiger partial charge in [0.1, 0.15) is 0 Å². The summed E-state index contributed by atoms with van der Waals surface area (Å²) in [6.45, 7) is 4.35. The summed E-state index contributed by atoms with van der Waals surface area (Å²) in [5.74, 6) is 1.10. The Balaban J connectivity index is 1.94. The molecule has 0 atom stereocenters. The minimum Gasteiger partial charge on any atom is -0.352 e. The second-order valence-corrected chi connectivity index (χ2v) is 4.38. The topological polar surface area (TPSA) is 35.2 Å². The molecular formula is C12H16N4. The Morgan fingerprint density at radius 2 is 1.88 bits per heavy atom. The van der Waals surface area contributed by atoms with Crippen LogP contribution in [0.5, 0.6) is 0 Å². The third-order valence-corrected chi connectivity index (χ3v) is 3.25. The molecule has 0 spiro atoms. The molecule has 1 saturated heterocycles. The van der Waals surface area contributed by atoms with Crippen molar-refractivity contribution < 1.29 is 0 Å². The van der Waals surface area contributed by atoms with Crippen molar-refractivity contribution in [2.24, 2.45) is 0 Å². The number of rotatable bonds is 1. The van der Waals surface area contributed by atoms with Crippen LogP contribution in [0.2, 0.25) is 0 Å². The van der Waals surface area contributed by atoms with E-state index < -0.39 is 0 Å². The van der Waals surface area contributed by atoms with Crippen LogP contribution in [-0.4, -0.2) is 48.3 Å². The van der Waals surface area contributed by atoms with Gasteiger partial charge < -0.3 is 9.80 Å². The van der Waals surface area contributed by atoms with Gasteiger partial charge in [-0.2, -0.15) is 5.10 Å². The molecule has 2 aromatic rings. The van der Waals surface area contributed by atoms with Crippen LogP contribution >= 0.6 is 0 Å². The summed E-state index contributed by atoms with van der Waals surface area (Å²) >= 11 is 0. The lowest BCUT2D eigenvalue weighted by Gasteiger charge is -2.32. The maximum Gasteiger partial charge on any atom is 0.158 e. The van der Waals surface area contributed by atoms with E-state index in [0.717, 1.165) is 37.5 Å². The normalized spacial score (nSPS) is 18.2. The SMILES string of the molecule is CN1CCN(c2n[nH]c3ccccc23)CC1. The molecule has 3 rings (SSSR count). The molecule has 1 aliphatic heterocycles. The molecule has 16 heavy (non-hydrogen) atoms. The largest absolute Gasteiger partial charge is 0.352 e. The van der Waals surface area contributed by atoms with Gasteiger partial charge >= 0.3 is 0 Å². The number of hydrogen-bond donors (Lipinski definition) is 1. The molecule has 0 amide bonds. The fourth-order valence-electron chi connectivity index (χ4n) is 2.21. The Bertz CT molecular complexity index is 482. The van der Waals surface area contributed by atoms with Crippen LogP contribution in [0.25, 0.3) is 10.9 Å². The molecule has 0 bridgehead atoms. The maximum atomic E-state index is 4.43. The first-order valence-electron chi connectivity index (χ1n) is 5.71. The highest BCUT2D eigenvalue weighted by Crippen LogP contribution is 2.24. The molecular weight excluding hydrogens is 200 g/mol. The highest BCUT2D eigenvalue weighted by atomic mass is 15.3. The van der Waals surface area contributed by atoms with E-state index in [1.165, 1.54) is 5.39 Å². The zero-order valence-electron chi connectivity index (χ0n) is 9.48. The molecule has 84 valence electrons. The third-order valence-electron chi connectivity index (χ3n) is 3.25. The first-order valence-corrected chi connectivity index (χ1v) is 5.71. The molecule has 0 aliphatic carbocycles. The Kier molecular flexibility index (Phi) is 2.29. The number of likely N-dealkylation sites (N-methyl/N-ethyl adjacent to an activating group) is 1. The summed E-state index contributed by atoms with van der Waals surface area (Å²) in [6, 6.07) is 8.31. The number of anilines is 1. The highest BCUT2D eigenvalue weighted by Gasteiger charge is 2.18. The minimum absolute atomic E-state index is 1.06.